The van der Waals surface area contributed by atoms with Crippen molar-refractivity contribution in [2.24, 2.45) is 0 Å². The lowest BCUT2D eigenvalue weighted by Crippen LogP contribution is -2.22. The SMILES string of the molecule is CC(Sc1cccc(N)c1)C(=O)Nc1ccc(Cl)c(C(=O)O)c1. The lowest BCUT2D eigenvalue weighted by atomic mass is 10.2. The Morgan fingerprint density at radius 3 is 2.65 bits per heavy atom. The lowest BCUT2D eigenvalue weighted by Gasteiger charge is -2.13. The third-order valence-electron chi connectivity index (χ3n) is 3.00. The molecular weight excluding hydrogens is 336 g/mol. The minimum absolute atomic E-state index is 0.0550. The summed E-state index contributed by atoms with van der Waals surface area (Å²) in [4.78, 5) is 24.2. The summed E-state index contributed by atoms with van der Waals surface area (Å²) in [5.74, 6) is -1.38. The molecule has 5 nitrogen and oxygen atoms in total. The molecule has 1 atom stereocenters. The number of hydrogen-bond acceptors (Lipinski definition) is 4. The molecule has 0 saturated heterocycles. The van der Waals surface area contributed by atoms with Crippen LogP contribution in [0.5, 0.6) is 0 Å². The van der Waals surface area contributed by atoms with E-state index in [1.807, 2.05) is 12.1 Å². The maximum absolute atomic E-state index is 12.2. The minimum atomic E-state index is -1.15. The molecule has 4 N–H and O–H groups in total. The summed E-state index contributed by atoms with van der Waals surface area (Å²) in [6, 6.07) is 11.6. The van der Waals surface area contributed by atoms with Crippen molar-refractivity contribution in [1.82, 2.24) is 0 Å². The van der Waals surface area contributed by atoms with Gasteiger partial charge in [0, 0.05) is 16.3 Å². The van der Waals surface area contributed by atoms with E-state index in [1.165, 1.54) is 23.9 Å². The fraction of sp³-hybridized carbons (Fsp3) is 0.125. The zero-order valence-electron chi connectivity index (χ0n) is 12.2. The van der Waals surface area contributed by atoms with Crippen molar-refractivity contribution in [3.63, 3.8) is 0 Å². The zero-order valence-corrected chi connectivity index (χ0v) is 13.8. The quantitative estimate of drug-likeness (QED) is 0.564. The molecule has 0 aromatic heterocycles. The average Bonchev–Trinajstić information content (AvgIpc) is 2.48. The van der Waals surface area contributed by atoms with Gasteiger partial charge in [-0.05, 0) is 43.3 Å². The zero-order chi connectivity index (χ0) is 17.0. The molecule has 120 valence electrons. The molecule has 2 rings (SSSR count). The van der Waals surface area contributed by atoms with Crippen molar-refractivity contribution in [1.29, 1.82) is 0 Å². The Hall–Kier alpha value is -2.18. The van der Waals surface area contributed by atoms with Crippen LogP contribution in [0.3, 0.4) is 0 Å². The van der Waals surface area contributed by atoms with E-state index in [0.717, 1.165) is 4.90 Å². The first-order chi connectivity index (χ1) is 10.9. The summed E-state index contributed by atoms with van der Waals surface area (Å²) in [6.45, 7) is 1.76. The second kappa shape index (κ2) is 7.39. The summed E-state index contributed by atoms with van der Waals surface area (Å²) in [6.07, 6.45) is 0. The van der Waals surface area contributed by atoms with Gasteiger partial charge in [-0.2, -0.15) is 0 Å². The molecule has 0 spiro atoms. The highest BCUT2D eigenvalue weighted by Crippen LogP contribution is 2.26. The number of carboxylic acids is 1. The third-order valence-corrected chi connectivity index (χ3v) is 4.43. The summed E-state index contributed by atoms with van der Waals surface area (Å²) < 4.78 is 0. The number of carboxylic acid groups (broad SMARTS) is 1. The fourth-order valence-corrected chi connectivity index (χ4v) is 2.99. The Balaban J connectivity index is 2.06. The second-order valence-corrected chi connectivity index (χ2v) is 6.64. The number of anilines is 2. The average molecular weight is 351 g/mol. The number of hydrogen-bond donors (Lipinski definition) is 3. The number of nitrogens with one attached hydrogen (secondary N) is 1. The Morgan fingerprint density at radius 1 is 1.26 bits per heavy atom. The van der Waals surface area contributed by atoms with E-state index in [0.29, 0.717) is 11.4 Å². The summed E-state index contributed by atoms with van der Waals surface area (Å²) in [5, 5.41) is 11.5. The van der Waals surface area contributed by atoms with E-state index in [-0.39, 0.29) is 21.7 Å². The normalized spacial score (nSPS) is 11.7. The van der Waals surface area contributed by atoms with Gasteiger partial charge in [0.1, 0.15) is 0 Å². The van der Waals surface area contributed by atoms with Gasteiger partial charge in [-0.1, -0.05) is 17.7 Å². The number of halogens is 1. The van der Waals surface area contributed by atoms with E-state index in [4.69, 9.17) is 22.4 Å². The molecular formula is C16H15ClN2O3S. The smallest absolute Gasteiger partial charge is 0.337 e. The van der Waals surface area contributed by atoms with E-state index >= 15 is 0 Å². The Morgan fingerprint density at radius 2 is 2.00 bits per heavy atom. The van der Waals surface area contributed by atoms with Crippen LogP contribution >= 0.6 is 23.4 Å². The number of amides is 1. The van der Waals surface area contributed by atoms with Crippen LogP contribution in [0.15, 0.2) is 47.4 Å². The Bertz CT molecular complexity index is 752. The summed E-state index contributed by atoms with van der Waals surface area (Å²) >= 11 is 7.17. The number of carbonyl (C=O) groups is 2. The molecule has 2 aromatic carbocycles. The standard InChI is InChI=1S/C16H15ClN2O3S/c1-9(23-12-4-2-3-10(18)7-12)15(20)19-11-5-6-14(17)13(8-11)16(21)22/h2-9H,18H2,1H3,(H,19,20)(H,21,22). The first-order valence-electron chi connectivity index (χ1n) is 6.72. The van der Waals surface area contributed by atoms with Crippen molar-refractivity contribution in [2.75, 3.05) is 11.1 Å². The van der Waals surface area contributed by atoms with Gasteiger partial charge in [-0.3, -0.25) is 4.79 Å². The third kappa shape index (κ3) is 4.64. The molecule has 0 bridgehead atoms. The number of nitrogen functional groups attached to an aromatic ring is 1. The molecule has 7 heteroatoms. The molecule has 0 aliphatic heterocycles. The first kappa shape index (κ1) is 17.2. The molecule has 0 saturated carbocycles. The van der Waals surface area contributed by atoms with Crippen molar-refractivity contribution in [2.45, 2.75) is 17.1 Å². The molecule has 0 aliphatic carbocycles. The highest BCUT2D eigenvalue weighted by molar-refractivity contribution is 8.00. The Kier molecular flexibility index (Phi) is 5.52. The van der Waals surface area contributed by atoms with Crippen LogP contribution in [0.2, 0.25) is 5.02 Å². The lowest BCUT2D eigenvalue weighted by molar-refractivity contribution is -0.115. The Labute approximate surface area is 142 Å². The largest absolute Gasteiger partial charge is 0.478 e. The van der Waals surface area contributed by atoms with Gasteiger partial charge in [0.05, 0.1) is 15.8 Å². The highest BCUT2D eigenvalue weighted by atomic mass is 35.5. The van der Waals surface area contributed by atoms with E-state index in [9.17, 15) is 9.59 Å². The van der Waals surface area contributed by atoms with Crippen LogP contribution in [0, 0.1) is 0 Å². The fourth-order valence-electron chi connectivity index (χ4n) is 1.86. The van der Waals surface area contributed by atoms with Crippen LogP contribution in [-0.4, -0.2) is 22.2 Å². The number of nitrogens with two attached hydrogens (primary N) is 1. The van der Waals surface area contributed by atoms with Gasteiger partial charge in [0.2, 0.25) is 5.91 Å². The first-order valence-corrected chi connectivity index (χ1v) is 7.98. The predicted molar refractivity (Wildman–Crippen MR) is 93.2 cm³/mol. The van der Waals surface area contributed by atoms with Crippen molar-refractivity contribution < 1.29 is 14.7 Å². The molecule has 23 heavy (non-hydrogen) atoms. The van der Waals surface area contributed by atoms with Crippen LogP contribution in [0.25, 0.3) is 0 Å². The molecule has 1 amide bonds. The molecule has 1 unspecified atom stereocenters. The summed E-state index contributed by atoms with van der Waals surface area (Å²) in [7, 11) is 0. The molecule has 0 aliphatic rings. The van der Waals surface area contributed by atoms with Crippen LogP contribution < -0.4 is 11.1 Å². The topological polar surface area (TPSA) is 92.4 Å². The van der Waals surface area contributed by atoms with Gasteiger partial charge in [0.15, 0.2) is 0 Å². The molecule has 2 aromatic rings. The molecule has 0 fully saturated rings. The number of rotatable bonds is 5. The van der Waals surface area contributed by atoms with Gasteiger partial charge in [-0.25, -0.2) is 4.79 Å². The number of aromatic carboxylic acids is 1. The highest BCUT2D eigenvalue weighted by Gasteiger charge is 2.16. The number of thioether (sulfide) groups is 1. The number of carbonyl (C=O) groups excluding carboxylic acids is 1. The maximum Gasteiger partial charge on any atom is 0.337 e. The summed E-state index contributed by atoms with van der Waals surface area (Å²) in [5.41, 5.74) is 6.67. The monoisotopic (exact) mass is 350 g/mol. The van der Waals surface area contributed by atoms with E-state index < -0.39 is 5.97 Å². The minimum Gasteiger partial charge on any atom is -0.478 e. The van der Waals surface area contributed by atoms with Gasteiger partial charge in [0.25, 0.3) is 0 Å². The van der Waals surface area contributed by atoms with Crippen molar-refractivity contribution in [3.8, 4) is 0 Å². The maximum atomic E-state index is 12.2. The number of benzene rings is 2. The van der Waals surface area contributed by atoms with E-state index in [2.05, 4.69) is 5.32 Å². The van der Waals surface area contributed by atoms with Gasteiger partial charge in [-0.15, -0.1) is 11.8 Å². The predicted octanol–water partition coefficient (Wildman–Crippen LogP) is 3.74. The van der Waals surface area contributed by atoms with Crippen LogP contribution in [0.4, 0.5) is 11.4 Å². The van der Waals surface area contributed by atoms with Crippen molar-refractivity contribution in [3.05, 3.63) is 53.1 Å². The second-order valence-electron chi connectivity index (χ2n) is 4.82. The van der Waals surface area contributed by atoms with E-state index in [1.54, 1.807) is 25.1 Å². The van der Waals surface area contributed by atoms with Crippen LogP contribution in [-0.2, 0) is 4.79 Å². The molecule has 0 radical (unpaired) electrons. The van der Waals surface area contributed by atoms with Crippen LogP contribution in [0.1, 0.15) is 17.3 Å². The van der Waals surface area contributed by atoms with Gasteiger partial charge >= 0.3 is 5.97 Å². The molecule has 0 heterocycles. The van der Waals surface area contributed by atoms with Gasteiger partial charge < -0.3 is 16.2 Å². The van der Waals surface area contributed by atoms with Crippen molar-refractivity contribution >= 4 is 46.6 Å².